The third-order valence-electron chi connectivity index (χ3n) is 3.50. The zero-order chi connectivity index (χ0) is 14.7. The number of carbonyl (C=O) groups excluding carboxylic acids is 1. The Balaban J connectivity index is 2.14. The van der Waals surface area contributed by atoms with Gasteiger partial charge in [0.05, 0.1) is 16.6 Å². The van der Waals surface area contributed by atoms with Crippen LogP contribution < -0.4 is 11.1 Å². The standard InChI is InChI=1S/C12H16N4O4/c13-11(18)9-4-8(16(19)20)6-15-12(9)14-5-7-2-1-3-10(7)17/h4,6-7,10,17H,1-3,5H2,(H2,13,18)(H,14,15). The van der Waals surface area contributed by atoms with Gasteiger partial charge in [-0.15, -0.1) is 0 Å². The lowest BCUT2D eigenvalue weighted by Gasteiger charge is -2.16. The number of amides is 1. The molecule has 1 amide bonds. The van der Waals surface area contributed by atoms with E-state index in [-0.39, 0.29) is 29.1 Å². The van der Waals surface area contributed by atoms with Crippen molar-refractivity contribution in [2.24, 2.45) is 11.7 Å². The Morgan fingerprint density at radius 1 is 1.60 bits per heavy atom. The number of anilines is 1. The summed E-state index contributed by atoms with van der Waals surface area (Å²) in [6.07, 6.45) is 3.33. The van der Waals surface area contributed by atoms with Crippen LogP contribution >= 0.6 is 0 Å². The Labute approximate surface area is 115 Å². The van der Waals surface area contributed by atoms with Crippen molar-refractivity contribution in [3.8, 4) is 0 Å². The lowest BCUT2D eigenvalue weighted by Crippen LogP contribution is -2.24. The summed E-state index contributed by atoms with van der Waals surface area (Å²) in [4.78, 5) is 25.2. The van der Waals surface area contributed by atoms with Gasteiger partial charge in [-0.25, -0.2) is 4.98 Å². The third kappa shape index (κ3) is 3.02. The number of nitro groups is 1. The number of primary amides is 1. The van der Waals surface area contributed by atoms with E-state index >= 15 is 0 Å². The van der Waals surface area contributed by atoms with Crippen molar-refractivity contribution < 1.29 is 14.8 Å². The highest BCUT2D eigenvalue weighted by molar-refractivity contribution is 5.98. The van der Waals surface area contributed by atoms with Gasteiger partial charge in [0.2, 0.25) is 0 Å². The van der Waals surface area contributed by atoms with Gasteiger partial charge in [-0.1, -0.05) is 6.42 Å². The summed E-state index contributed by atoms with van der Waals surface area (Å²) in [5.74, 6) is -0.481. The average molecular weight is 280 g/mol. The second-order valence-corrected chi connectivity index (χ2v) is 4.85. The highest BCUT2D eigenvalue weighted by Crippen LogP contribution is 2.26. The normalized spacial score (nSPS) is 21.6. The fraction of sp³-hybridized carbons (Fsp3) is 0.500. The second kappa shape index (κ2) is 5.83. The molecule has 0 aliphatic heterocycles. The van der Waals surface area contributed by atoms with E-state index in [4.69, 9.17) is 5.73 Å². The van der Waals surface area contributed by atoms with E-state index in [9.17, 15) is 20.0 Å². The maximum absolute atomic E-state index is 11.3. The fourth-order valence-electron chi connectivity index (χ4n) is 2.37. The predicted molar refractivity (Wildman–Crippen MR) is 71.2 cm³/mol. The minimum atomic E-state index is -0.782. The Bertz CT molecular complexity index is 534. The summed E-state index contributed by atoms with van der Waals surface area (Å²) < 4.78 is 0. The van der Waals surface area contributed by atoms with Crippen LogP contribution in [0.25, 0.3) is 0 Å². The molecule has 1 heterocycles. The zero-order valence-corrected chi connectivity index (χ0v) is 10.8. The maximum Gasteiger partial charge on any atom is 0.288 e. The first-order valence-corrected chi connectivity index (χ1v) is 6.35. The average Bonchev–Trinajstić information content (AvgIpc) is 2.81. The van der Waals surface area contributed by atoms with Gasteiger partial charge < -0.3 is 16.2 Å². The SMILES string of the molecule is NC(=O)c1cc([N+](=O)[O-])cnc1NCC1CCCC1O. The van der Waals surface area contributed by atoms with Crippen molar-refractivity contribution in [2.45, 2.75) is 25.4 Å². The summed E-state index contributed by atoms with van der Waals surface area (Å²) in [5.41, 5.74) is 4.90. The Kier molecular flexibility index (Phi) is 4.14. The van der Waals surface area contributed by atoms with Crippen molar-refractivity contribution in [3.63, 3.8) is 0 Å². The molecule has 0 spiro atoms. The van der Waals surface area contributed by atoms with Crippen molar-refractivity contribution in [3.05, 3.63) is 27.9 Å². The van der Waals surface area contributed by atoms with Gasteiger partial charge in [-0.3, -0.25) is 14.9 Å². The molecule has 1 aromatic heterocycles. The number of rotatable bonds is 5. The molecule has 1 saturated carbocycles. The van der Waals surface area contributed by atoms with E-state index in [1.54, 1.807) is 0 Å². The van der Waals surface area contributed by atoms with Crippen LogP contribution in [0.1, 0.15) is 29.6 Å². The van der Waals surface area contributed by atoms with E-state index in [2.05, 4.69) is 10.3 Å². The van der Waals surface area contributed by atoms with Crippen molar-refractivity contribution >= 4 is 17.4 Å². The Morgan fingerprint density at radius 3 is 2.90 bits per heavy atom. The van der Waals surface area contributed by atoms with Gasteiger partial charge in [-0.05, 0) is 12.8 Å². The summed E-state index contributed by atoms with van der Waals surface area (Å²) in [7, 11) is 0. The van der Waals surface area contributed by atoms with E-state index in [1.807, 2.05) is 0 Å². The number of hydrogen-bond acceptors (Lipinski definition) is 6. The molecule has 0 bridgehead atoms. The first-order chi connectivity index (χ1) is 9.49. The molecule has 2 rings (SSSR count). The largest absolute Gasteiger partial charge is 0.393 e. The van der Waals surface area contributed by atoms with E-state index in [0.29, 0.717) is 6.54 Å². The third-order valence-corrected chi connectivity index (χ3v) is 3.50. The molecule has 8 heteroatoms. The van der Waals surface area contributed by atoms with Crippen LogP contribution in [0.3, 0.4) is 0 Å². The van der Waals surface area contributed by atoms with Gasteiger partial charge >= 0.3 is 0 Å². The van der Waals surface area contributed by atoms with Crippen LogP contribution in [0.5, 0.6) is 0 Å². The van der Waals surface area contributed by atoms with Crippen LogP contribution in [0.2, 0.25) is 0 Å². The van der Waals surface area contributed by atoms with E-state index < -0.39 is 10.8 Å². The lowest BCUT2D eigenvalue weighted by atomic mass is 10.1. The first kappa shape index (κ1) is 14.2. The molecule has 108 valence electrons. The minimum absolute atomic E-state index is 0.0216. The Hall–Kier alpha value is -2.22. The molecule has 2 unspecified atom stereocenters. The van der Waals surface area contributed by atoms with Crippen molar-refractivity contribution in [1.82, 2.24) is 4.98 Å². The number of carbonyl (C=O) groups is 1. The van der Waals surface area contributed by atoms with Crippen LogP contribution in [0, 0.1) is 16.0 Å². The van der Waals surface area contributed by atoms with Gasteiger partial charge in [0.25, 0.3) is 11.6 Å². The van der Waals surface area contributed by atoms with Crippen LogP contribution in [-0.2, 0) is 0 Å². The molecule has 20 heavy (non-hydrogen) atoms. The molecule has 1 aliphatic carbocycles. The van der Waals surface area contributed by atoms with Gasteiger partial charge in [0.1, 0.15) is 12.0 Å². The molecular weight excluding hydrogens is 264 g/mol. The number of nitrogens with zero attached hydrogens (tertiary/aromatic N) is 2. The quantitative estimate of drug-likeness (QED) is 0.536. The van der Waals surface area contributed by atoms with Gasteiger partial charge in [-0.2, -0.15) is 0 Å². The monoisotopic (exact) mass is 280 g/mol. The zero-order valence-electron chi connectivity index (χ0n) is 10.8. The highest BCUT2D eigenvalue weighted by Gasteiger charge is 2.25. The van der Waals surface area contributed by atoms with Crippen LogP contribution in [0.15, 0.2) is 12.3 Å². The number of nitrogens with two attached hydrogens (primary N) is 1. The molecule has 0 saturated heterocycles. The molecule has 0 radical (unpaired) electrons. The minimum Gasteiger partial charge on any atom is -0.393 e. The molecule has 2 atom stereocenters. The van der Waals surface area contributed by atoms with Crippen LogP contribution in [-0.4, -0.2) is 33.6 Å². The topological polar surface area (TPSA) is 131 Å². The van der Waals surface area contributed by atoms with E-state index in [0.717, 1.165) is 31.5 Å². The number of aliphatic hydroxyl groups excluding tert-OH is 1. The van der Waals surface area contributed by atoms with E-state index in [1.165, 1.54) is 0 Å². The van der Waals surface area contributed by atoms with Crippen LogP contribution in [0.4, 0.5) is 11.5 Å². The first-order valence-electron chi connectivity index (χ1n) is 6.35. The maximum atomic E-state index is 11.3. The second-order valence-electron chi connectivity index (χ2n) is 4.85. The molecule has 1 aromatic rings. The number of nitrogens with one attached hydrogen (secondary N) is 1. The van der Waals surface area contributed by atoms with Crippen molar-refractivity contribution in [1.29, 1.82) is 0 Å². The molecule has 4 N–H and O–H groups in total. The fourth-order valence-corrected chi connectivity index (χ4v) is 2.37. The van der Waals surface area contributed by atoms with Gasteiger partial charge in [0.15, 0.2) is 0 Å². The Morgan fingerprint density at radius 2 is 2.35 bits per heavy atom. The summed E-state index contributed by atoms with van der Waals surface area (Å²) in [5, 5.41) is 23.3. The molecular formula is C12H16N4O4. The van der Waals surface area contributed by atoms with Gasteiger partial charge in [0, 0.05) is 18.5 Å². The molecule has 0 aromatic carbocycles. The molecule has 1 aliphatic rings. The highest BCUT2D eigenvalue weighted by atomic mass is 16.6. The smallest absolute Gasteiger partial charge is 0.288 e. The summed E-state index contributed by atoms with van der Waals surface area (Å²) in [6.45, 7) is 0.451. The predicted octanol–water partition coefficient (Wildman–Crippen LogP) is 0.662. The summed E-state index contributed by atoms with van der Waals surface area (Å²) >= 11 is 0. The number of aliphatic hydroxyl groups is 1. The molecule has 1 fully saturated rings. The lowest BCUT2D eigenvalue weighted by molar-refractivity contribution is -0.385. The van der Waals surface area contributed by atoms with Crippen molar-refractivity contribution in [2.75, 3.05) is 11.9 Å². The summed E-state index contributed by atoms with van der Waals surface area (Å²) in [6, 6.07) is 1.10. The number of pyridine rings is 1. The number of hydrogen-bond donors (Lipinski definition) is 3. The number of aromatic nitrogens is 1. The molecule has 8 nitrogen and oxygen atoms in total.